The maximum Gasteiger partial charge on any atom is 0.312 e. The van der Waals surface area contributed by atoms with E-state index in [1.54, 1.807) is 0 Å². The van der Waals surface area contributed by atoms with Gasteiger partial charge in [-0.2, -0.15) is 0 Å². The van der Waals surface area contributed by atoms with Crippen LogP contribution in [-0.4, -0.2) is 19.9 Å². The summed E-state index contributed by atoms with van der Waals surface area (Å²) in [6.45, 7) is 3.29. The van der Waals surface area contributed by atoms with Crippen LogP contribution in [0.3, 0.4) is 0 Å². The molecule has 0 aliphatic heterocycles. The summed E-state index contributed by atoms with van der Waals surface area (Å²) >= 11 is 2.96. The largest absolute Gasteiger partial charge is 0.481 e. The molecule has 0 fully saturated rings. The average molecular weight is 375 g/mol. The van der Waals surface area contributed by atoms with Gasteiger partial charge in [0.2, 0.25) is 0 Å². The van der Waals surface area contributed by atoms with Crippen LogP contribution in [-0.2, 0) is 9.05 Å². The maximum atomic E-state index is 13.5. The molecule has 0 heterocycles. The van der Waals surface area contributed by atoms with Gasteiger partial charge in [-0.3, -0.25) is 10.1 Å². The van der Waals surface area contributed by atoms with Crippen LogP contribution in [0, 0.1) is 15.9 Å². The third-order valence-electron chi connectivity index (χ3n) is 1.86. The number of rotatable bonds is 5. The Bertz CT molecular complexity index is 648. The summed E-state index contributed by atoms with van der Waals surface area (Å²) in [4.78, 5) is 8.90. The molecule has 0 N–H and O–H groups in total. The number of halogens is 3. The highest BCUT2D eigenvalue weighted by Crippen LogP contribution is 2.33. The van der Waals surface area contributed by atoms with Gasteiger partial charge in [0.1, 0.15) is 17.3 Å². The quantitative estimate of drug-likeness (QED) is 0.449. The van der Waals surface area contributed by atoms with Gasteiger partial charge < -0.3 is 4.74 Å². The molecule has 6 nitrogen and oxygen atoms in total. The van der Waals surface area contributed by atoms with Crippen molar-refractivity contribution in [3.63, 3.8) is 0 Å². The standard InChI is InChI=1S/C9H6BrClFNO5S/c1-5(10)4-18-8-2-6(12)9(19(11,16)17)3-7(8)13(14)15/h2-3H,1,4H2. The summed E-state index contributed by atoms with van der Waals surface area (Å²) in [5.74, 6) is -1.66. The van der Waals surface area contributed by atoms with Crippen molar-refractivity contribution in [3.05, 3.63) is 39.1 Å². The zero-order valence-electron chi connectivity index (χ0n) is 9.10. The van der Waals surface area contributed by atoms with Crippen molar-refractivity contribution in [2.45, 2.75) is 4.90 Å². The van der Waals surface area contributed by atoms with Crippen molar-refractivity contribution in [1.29, 1.82) is 0 Å². The van der Waals surface area contributed by atoms with E-state index < -0.39 is 36.1 Å². The molecule has 0 aliphatic carbocycles. The highest BCUT2D eigenvalue weighted by atomic mass is 79.9. The summed E-state index contributed by atoms with van der Waals surface area (Å²) < 4.78 is 40.9. The molecule has 0 radical (unpaired) electrons. The fourth-order valence-electron chi connectivity index (χ4n) is 1.13. The first-order valence-electron chi connectivity index (χ1n) is 4.51. The number of nitrogens with zero attached hydrogens (tertiary/aromatic N) is 1. The molecular weight excluding hydrogens is 369 g/mol. The second-order valence-electron chi connectivity index (χ2n) is 3.25. The second kappa shape index (κ2) is 5.85. The first kappa shape index (κ1) is 15.9. The van der Waals surface area contributed by atoms with Crippen LogP contribution in [0.4, 0.5) is 10.1 Å². The number of ether oxygens (including phenoxy) is 1. The topological polar surface area (TPSA) is 86.5 Å². The fraction of sp³-hybridized carbons (Fsp3) is 0.111. The number of hydrogen-bond acceptors (Lipinski definition) is 5. The van der Waals surface area contributed by atoms with Gasteiger partial charge in [0.05, 0.1) is 4.92 Å². The van der Waals surface area contributed by atoms with Crippen molar-refractivity contribution >= 4 is 41.4 Å². The molecular formula is C9H6BrClFNO5S. The molecule has 10 heteroatoms. The van der Waals surface area contributed by atoms with Gasteiger partial charge in [-0.25, -0.2) is 12.8 Å². The van der Waals surface area contributed by atoms with E-state index >= 15 is 0 Å². The van der Waals surface area contributed by atoms with Crippen molar-refractivity contribution < 1.29 is 22.5 Å². The normalized spacial score (nSPS) is 11.1. The van der Waals surface area contributed by atoms with Crippen LogP contribution < -0.4 is 4.74 Å². The molecule has 0 spiro atoms. The Morgan fingerprint density at radius 1 is 1.58 bits per heavy atom. The minimum absolute atomic E-state index is 0.146. The Labute approximate surface area is 120 Å². The van der Waals surface area contributed by atoms with Gasteiger partial charge in [0.15, 0.2) is 5.75 Å². The van der Waals surface area contributed by atoms with E-state index in [9.17, 15) is 22.9 Å². The third kappa shape index (κ3) is 4.15. The van der Waals surface area contributed by atoms with Crippen molar-refractivity contribution in [1.82, 2.24) is 0 Å². The van der Waals surface area contributed by atoms with Crippen LogP contribution in [0.15, 0.2) is 28.1 Å². The highest BCUT2D eigenvalue weighted by Gasteiger charge is 2.25. The van der Waals surface area contributed by atoms with E-state index in [-0.39, 0.29) is 6.61 Å². The molecule has 0 aliphatic rings. The molecule has 19 heavy (non-hydrogen) atoms. The van der Waals surface area contributed by atoms with Crippen molar-refractivity contribution in [2.75, 3.05) is 6.61 Å². The molecule has 0 atom stereocenters. The van der Waals surface area contributed by atoms with E-state index in [1.807, 2.05) is 0 Å². The van der Waals surface area contributed by atoms with Crippen molar-refractivity contribution in [3.8, 4) is 5.75 Å². The van der Waals surface area contributed by atoms with Gasteiger partial charge >= 0.3 is 5.69 Å². The summed E-state index contributed by atoms with van der Waals surface area (Å²) in [5, 5.41) is 10.8. The molecule has 0 bridgehead atoms. The number of benzene rings is 1. The first-order valence-corrected chi connectivity index (χ1v) is 7.62. The molecule has 0 unspecified atom stereocenters. The van der Waals surface area contributed by atoms with Gasteiger partial charge in [-0.05, 0) is 0 Å². The third-order valence-corrected chi connectivity index (χ3v) is 3.42. The Kier molecular flexibility index (Phi) is 4.88. The average Bonchev–Trinajstić information content (AvgIpc) is 2.23. The van der Waals surface area contributed by atoms with Crippen LogP contribution in [0.5, 0.6) is 5.75 Å². The van der Waals surface area contributed by atoms with Crippen molar-refractivity contribution in [2.24, 2.45) is 0 Å². The Morgan fingerprint density at radius 2 is 2.16 bits per heavy atom. The minimum atomic E-state index is -4.43. The van der Waals surface area contributed by atoms with Crippen LogP contribution in [0.25, 0.3) is 0 Å². The molecule has 104 valence electrons. The van der Waals surface area contributed by atoms with Crippen LogP contribution in [0.1, 0.15) is 0 Å². The highest BCUT2D eigenvalue weighted by molar-refractivity contribution is 9.11. The lowest BCUT2D eigenvalue weighted by atomic mass is 10.3. The Hall–Kier alpha value is -1.19. The lowest BCUT2D eigenvalue weighted by Gasteiger charge is -2.07. The molecule has 0 aromatic heterocycles. The van der Waals surface area contributed by atoms with Gasteiger partial charge in [0, 0.05) is 27.3 Å². The molecule has 1 rings (SSSR count). The zero-order chi connectivity index (χ0) is 14.8. The second-order valence-corrected chi connectivity index (χ2v) is 6.91. The summed E-state index contributed by atoms with van der Waals surface area (Å²) in [6, 6.07) is 1.09. The van der Waals surface area contributed by atoms with Gasteiger partial charge in [0.25, 0.3) is 9.05 Å². The van der Waals surface area contributed by atoms with Gasteiger partial charge in [-0.1, -0.05) is 22.5 Å². The molecule has 0 amide bonds. The smallest absolute Gasteiger partial charge is 0.312 e. The Morgan fingerprint density at radius 3 is 2.58 bits per heavy atom. The lowest BCUT2D eigenvalue weighted by Crippen LogP contribution is -2.04. The fourth-order valence-corrected chi connectivity index (χ4v) is 2.14. The number of nitro groups is 1. The SMILES string of the molecule is C=C(Br)COc1cc(F)c(S(=O)(=O)Cl)cc1[N+](=O)[O-]. The molecule has 1 aromatic carbocycles. The predicted molar refractivity (Wildman–Crippen MR) is 69.7 cm³/mol. The molecule has 0 saturated heterocycles. The number of hydrogen-bond donors (Lipinski definition) is 0. The van der Waals surface area contributed by atoms with E-state index in [0.717, 1.165) is 0 Å². The summed E-state index contributed by atoms with van der Waals surface area (Å²) in [5.41, 5.74) is -0.714. The molecule has 0 saturated carbocycles. The minimum Gasteiger partial charge on any atom is -0.481 e. The van der Waals surface area contributed by atoms with Crippen LogP contribution >= 0.6 is 26.6 Å². The lowest BCUT2D eigenvalue weighted by molar-refractivity contribution is -0.386. The number of nitro benzene ring substituents is 1. The van der Waals surface area contributed by atoms with Gasteiger partial charge in [-0.15, -0.1) is 0 Å². The van der Waals surface area contributed by atoms with E-state index in [0.29, 0.717) is 16.6 Å². The zero-order valence-corrected chi connectivity index (χ0v) is 12.3. The summed E-state index contributed by atoms with van der Waals surface area (Å²) in [6.07, 6.45) is 0. The summed E-state index contributed by atoms with van der Waals surface area (Å²) in [7, 11) is 0.540. The van der Waals surface area contributed by atoms with E-state index in [1.165, 1.54) is 0 Å². The van der Waals surface area contributed by atoms with Crippen LogP contribution in [0.2, 0.25) is 0 Å². The van der Waals surface area contributed by atoms with E-state index in [4.69, 9.17) is 15.4 Å². The predicted octanol–water partition coefficient (Wildman–Crippen LogP) is 2.95. The molecule has 1 aromatic rings. The monoisotopic (exact) mass is 373 g/mol. The first-order chi connectivity index (χ1) is 8.62. The van der Waals surface area contributed by atoms with E-state index in [2.05, 4.69) is 22.5 Å². The Balaban J connectivity index is 3.38. The maximum absolute atomic E-state index is 13.5.